The van der Waals surface area contributed by atoms with Crippen molar-refractivity contribution in [2.24, 2.45) is 5.92 Å². The van der Waals surface area contributed by atoms with Crippen molar-refractivity contribution in [1.29, 1.82) is 0 Å². The number of hydrogen-bond donors (Lipinski definition) is 2. The molecule has 100 valence electrons. The molecule has 0 heterocycles. The number of ether oxygens (including phenoxy) is 1. The maximum Gasteiger partial charge on any atom is 0.220 e. The summed E-state index contributed by atoms with van der Waals surface area (Å²) in [5, 5.41) is 12.8. The van der Waals surface area contributed by atoms with Gasteiger partial charge in [-0.1, -0.05) is 12.8 Å². The minimum absolute atomic E-state index is 0.0644. The summed E-state index contributed by atoms with van der Waals surface area (Å²) in [6, 6.07) is 0. The third-order valence-electron chi connectivity index (χ3n) is 3.46. The molecule has 4 heteroatoms. The molecule has 4 nitrogen and oxygen atoms in total. The molecule has 1 unspecified atom stereocenters. The van der Waals surface area contributed by atoms with Gasteiger partial charge in [-0.05, 0) is 25.7 Å². The average Bonchev–Trinajstić information content (AvgIpc) is 2.77. The van der Waals surface area contributed by atoms with Crippen LogP contribution in [0.15, 0.2) is 0 Å². The van der Waals surface area contributed by atoms with Gasteiger partial charge in [0, 0.05) is 33.1 Å². The second-order valence-electron chi connectivity index (χ2n) is 5.37. The van der Waals surface area contributed by atoms with Gasteiger partial charge in [-0.15, -0.1) is 0 Å². The maximum atomic E-state index is 11.7. The van der Waals surface area contributed by atoms with Crippen molar-refractivity contribution in [3.05, 3.63) is 0 Å². The number of carbonyl (C=O) groups is 1. The molecule has 1 saturated carbocycles. The van der Waals surface area contributed by atoms with E-state index in [4.69, 9.17) is 4.74 Å². The van der Waals surface area contributed by atoms with E-state index in [0.717, 1.165) is 0 Å². The first-order valence-corrected chi connectivity index (χ1v) is 6.51. The molecule has 2 N–H and O–H groups in total. The molecule has 1 amide bonds. The summed E-state index contributed by atoms with van der Waals surface area (Å²) in [4.78, 5) is 11.7. The summed E-state index contributed by atoms with van der Waals surface area (Å²) >= 11 is 0. The number of methoxy groups -OCH3 is 1. The maximum absolute atomic E-state index is 11.7. The zero-order valence-corrected chi connectivity index (χ0v) is 11.0. The SMILES string of the molecule is COCCC(C)(O)CNC(=O)CC1CCCC1. The van der Waals surface area contributed by atoms with E-state index in [1.807, 2.05) is 0 Å². The van der Waals surface area contributed by atoms with Gasteiger partial charge in [0.15, 0.2) is 0 Å². The Balaban J connectivity index is 2.17. The lowest BCUT2D eigenvalue weighted by Gasteiger charge is -2.23. The van der Waals surface area contributed by atoms with E-state index in [0.29, 0.717) is 31.9 Å². The molecular weight excluding hydrogens is 218 g/mol. The average molecular weight is 243 g/mol. The minimum atomic E-state index is -0.874. The van der Waals surface area contributed by atoms with Crippen LogP contribution in [0.4, 0.5) is 0 Å². The highest BCUT2D eigenvalue weighted by Gasteiger charge is 2.23. The standard InChI is InChI=1S/C13H25NO3/c1-13(16,7-8-17-2)10-14-12(15)9-11-5-3-4-6-11/h11,16H,3-10H2,1-2H3,(H,14,15). The number of aliphatic hydroxyl groups is 1. The smallest absolute Gasteiger partial charge is 0.220 e. The molecule has 0 radical (unpaired) electrons. The first kappa shape index (κ1) is 14.5. The molecule has 1 atom stereocenters. The molecule has 0 saturated heterocycles. The van der Waals surface area contributed by atoms with E-state index in [9.17, 15) is 9.90 Å². The molecule has 17 heavy (non-hydrogen) atoms. The molecule has 0 spiro atoms. The third-order valence-corrected chi connectivity index (χ3v) is 3.46. The van der Waals surface area contributed by atoms with Crippen LogP contribution in [0.3, 0.4) is 0 Å². The molecule has 0 aromatic heterocycles. The summed E-state index contributed by atoms with van der Waals surface area (Å²) in [5.74, 6) is 0.619. The Morgan fingerprint density at radius 3 is 2.71 bits per heavy atom. The van der Waals surface area contributed by atoms with Crippen LogP contribution in [0.1, 0.15) is 45.4 Å². The van der Waals surface area contributed by atoms with Crippen LogP contribution >= 0.6 is 0 Å². The molecule has 1 fully saturated rings. The Hall–Kier alpha value is -0.610. The molecule has 1 aliphatic carbocycles. The normalized spacial score (nSPS) is 20.2. The fourth-order valence-electron chi connectivity index (χ4n) is 2.25. The molecular formula is C13H25NO3. The van der Waals surface area contributed by atoms with Crippen molar-refractivity contribution in [2.45, 2.75) is 51.0 Å². The fraction of sp³-hybridized carbons (Fsp3) is 0.923. The fourth-order valence-corrected chi connectivity index (χ4v) is 2.25. The van der Waals surface area contributed by atoms with E-state index in [-0.39, 0.29) is 5.91 Å². The van der Waals surface area contributed by atoms with Crippen LogP contribution in [-0.2, 0) is 9.53 Å². The van der Waals surface area contributed by atoms with E-state index < -0.39 is 5.60 Å². The summed E-state index contributed by atoms with van der Waals surface area (Å²) in [5.41, 5.74) is -0.874. The number of hydrogen-bond acceptors (Lipinski definition) is 3. The van der Waals surface area contributed by atoms with Crippen molar-refractivity contribution >= 4 is 5.91 Å². The van der Waals surface area contributed by atoms with Gasteiger partial charge < -0.3 is 15.2 Å². The summed E-state index contributed by atoms with van der Waals surface area (Å²) in [6.07, 6.45) is 6.00. The molecule has 0 aromatic carbocycles. The van der Waals surface area contributed by atoms with Gasteiger partial charge in [-0.3, -0.25) is 4.79 Å². The van der Waals surface area contributed by atoms with Crippen molar-refractivity contribution in [2.75, 3.05) is 20.3 Å². The highest BCUT2D eigenvalue weighted by atomic mass is 16.5. The summed E-state index contributed by atoms with van der Waals surface area (Å²) in [6.45, 7) is 2.54. The van der Waals surface area contributed by atoms with Crippen LogP contribution < -0.4 is 5.32 Å². The molecule has 0 aliphatic heterocycles. The summed E-state index contributed by atoms with van der Waals surface area (Å²) in [7, 11) is 1.61. The van der Waals surface area contributed by atoms with E-state index >= 15 is 0 Å². The first-order chi connectivity index (χ1) is 8.03. The van der Waals surface area contributed by atoms with Gasteiger partial charge in [0.25, 0.3) is 0 Å². The number of amides is 1. The predicted octanol–water partition coefficient (Wildman–Crippen LogP) is 1.47. The zero-order chi connectivity index (χ0) is 12.7. The number of carbonyl (C=O) groups excluding carboxylic acids is 1. The second kappa shape index (κ2) is 6.97. The minimum Gasteiger partial charge on any atom is -0.388 e. The third kappa shape index (κ3) is 6.03. The van der Waals surface area contributed by atoms with Crippen molar-refractivity contribution in [3.63, 3.8) is 0 Å². The second-order valence-corrected chi connectivity index (χ2v) is 5.37. The topological polar surface area (TPSA) is 58.6 Å². The number of rotatable bonds is 7. The monoisotopic (exact) mass is 243 g/mol. The van der Waals surface area contributed by atoms with Crippen molar-refractivity contribution in [3.8, 4) is 0 Å². The van der Waals surface area contributed by atoms with Crippen LogP contribution in [0.5, 0.6) is 0 Å². The van der Waals surface area contributed by atoms with Crippen molar-refractivity contribution < 1.29 is 14.6 Å². The molecule has 1 rings (SSSR count). The van der Waals surface area contributed by atoms with Gasteiger partial charge >= 0.3 is 0 Å². The van der Waals surface area contributed by atoms with Gasteiger partial charge in [0.1, 0.15) is 0 Å². The Morgan fingerprint density at radius 1 is 1.47 bits per heavy atom. The predicted molar refractivity (Wildman–Crippen MR) is 66.7 cm³/mol. The van der Waals surface area contributed by atoms with Crippen LogP contribution in [0, 0.1) is 5.92 Å². The van der Waals surface area contributed by atoms with Crippen LogP contribution in [0.2, 0.25) is 0 Å². The van der Waals surface area contributed by atoms with Crippen molar-refractivity contribution in [1.82, 2.24) is 5.32 Å². The Labute approximate surface area is 104 Å². The van der Waals surface area contributed by atoms with Gasteiger partial charge in [0.2, 0.25) is 5.91 Å². The quantitative estimate of drug-likeness (QED) is 0.712. The Kier molecular flexibility index (Phi) is 5.92. The molecule has 1 aliphatic rings. The largest absolute Gasteiger partial charge is 0.388 e. The lowest BCUT2D eigenvalue weighted by atomic mass is 10.0. The Morgan fingerprint density at radius 2 is 2.12 bits per heavy atom. The van der Waals surface area contributed by atoms with Crippen LogP contribution in [0.25, 0.3) is 0 Å². The highest BCUT2D eigenvalue weighted by molar-refractivity contribution is 5.76. The lowest BCUT2D eigenvalue weighted by molar-refractivity contribution is -0.123. The van der Waals surface area contributed by atoms with E-state index in [1.165, 1.54) is 25.7 Å². The van der Waals surface area contributed by atoms with Gasteiger partial charge in [-0.2, -0.15) is 0 Å². The van der Waals surface area contributed by atoms with Gasteiger partial charge in [-0.25, -0.2) is 0 Å². The highest BCUT2D eigenvalue weighted by Crippen LogP contribution is 2.27. The summed E-state index contributed by atoms with van der Waals surface area (Å²) < 4.78 is 4.92. The lowest BCUT2D eigenvalue weighted by Crippen LogP contribution is -2.41. The number of nitrogens with one attached hydrogen (secondary N) is 1. The molecule has 0 aromatic rings. The van der Waals surface area contributed by atoms with E-state index in [1.54, 1.807) is 14.0 Å². The molecule has 0 bridgehead atoms. The van der Waals surface area contributed by atoms with Gasteiger partial charge in [0.05, 0.1) is 5.60 Å². The zero-order valence-electron chi connectivity index (χ0n) is 11.0. The Bertz CT molecular complexity index is 235. The first-order valence-electron chi connectivity index (χ1n) is 6.51. The van der Waals surface area contributed by atoms with E-state index in [2.05, 4.69) is 5.32 Å². The van der Waals surface area contributed by atoms with Crippen LogP contribution in [-0.4, -0.2) is 36.9 Å².